The number of fused-ring (bicyclic) bond motifs is 1. The van der Waals surface area contributed by atoms with Crippen LogP contribution in [0.25, 0.3) is 0 Å². The van der Waals surface area contributed by atoms with E-state index in [1.54, 1.807) is 4.68 Å². The number of ether oxygens (including phenoxy) is 2. The Morgan fingerprint density at radius 3 is 3.04 bits per heavy atom. The third-order valence-corrected chi connectivity index (χ3v) is 5.27. The van der Waals surface area contributed by atoms with Crippen molar-refractivity contribution in [2.45, 2.75) is 24.8 Å². The molecule has 0 saturated carbocycles. The van der Waals surface area contributed by atoms with E-state index < -0.39 is 12.1 Å². The van der Waals surface area contributed by atoms with Gasteiger partial charge in [-0.15, -0.1) is 5.10 Å². The lowest BCUT2D eigenvalue weighted by Gasteiger charge is -2.40. The molecule has 2 aliphatic rings. The maximum atomic E-state index is 12.2. The van der Waals surface area contributed by atoms with E-state index in [1.165, 1.54) is 29.1 Å². The van der Waals surface area contributed by atoms with Gasteiger partial charge in [0, 0.05) is 6.42 Å². The second-order valence-electron chi connectivity index (χ2n) is 5.53. The monoisotopic (exact) mass is 367 g/mol. The number of aliphatic hydroxyl groups excluding tert-OH is 1. The Kier molecular flexibility index (Phi) is 5.04. The molecule has 3 atom stereocenters. The molecule has 0 aromatic carbocycles. The Hall–Kier alpha value is -2.40. The average molecular weight is 367 g/mol. The molecule has 0 bridgehead atoms. The van der Waals surface area contributed by atoms with Crippen LogP contribution in [0.1, 0.15) is 19.4 Å². The molecule has 1 aromatic rings. The first-order valence-corrected chi connectivity index (χ1v) is 8.46. The van der Waals surface area contributed by atoms with Crippen molar-refractivity contribution < 1.29 is 24.2 Å². The van der Waals surface area contributed by atoms with Crippen LogP contribution in [-0.4, -0.2) is 60.9 Å². The zero-order valence-electron chi connectivity index (χ0n) is 13.4. The Labute approximate surface area is 147 Å². The summed E-state index contributed by atoms with van der Waals surface area (Å²) < 4.78 is 11.7. The first-order chi connectivity index (χ1) is 12.1. The minimum Gasteiger partial charge on any atom is -0.430 e. The molecule has 134 valence electrons. The number of nitrogens with zero attached hydrogens (tertiary/aromatic N) is 5. The van der Waals surface area contributed by atoms with Crippen LogP contribution in [0, 0.1) is 5.92 Å². The average Bonchev–Trinajstić information content (AvgIpc) is 3.21. The SMILES string of the molecule is C=CCOC(=O)OC1=C(CC(C)n2cnnn2)S[C@@H]2[C@@H](CO)C(=O)N12. The molecular weight excluding hydrogens is 350 g/mol. The van der Waals surface area contributed by atoms with Gasteiger partial charge in [-0.2, -0.15) is 0 Å². The molecule has 2 aliphatic heterocycles. The van der Waals surface area contributed by atoms with E-state index in [0.29, 0.717) is 11.3 Å². The van der Waals surface area contributed by atoms with Crippen LogP contribution in [0.3, 0.4) is 0 Å². The van der Waals surface area contributed by atoms with Crippen LogP contribution < -0.4 is 0 Å². The van der Waals surface area contributed by atoms with Crippen LogP contribution in [0.15, 0.2) is 29.8 Å². The van der Waals surface area contributed by atoms with Crippen molar-refractivity contribution in [1.82, 2.24) is 25.1 Å². The summed E-state index contributed by atoms with van der Waals surface area (Å²) in [4.78, 5) is 26.0. The number of carbonyl (C=O) groups is 2. The normalized spacial score (nSPS) is 23.1. The van der Waals surface area contributed by atoms with Gasteiger partial charge >= 0.3 is 6.16 Å². The van der Waals surface area contributed by atoms with Crippen LogP contribution in [0.2, 0.25) is 0 Å². The van der Waals surface area contributed by atoms with Gasteiger partial charge in [-0.1, -0.05) is 24.4 Å². The predicted octanol–water partition coefficient (Wildman–Crippen LogP) is 0.656. The molecule has 0 spiro atoms. The number of β-lactam (4-membered cyclic amide) rings is 1. The van der Waals surface area contributed by atoms with Gasteiger partial charge in [-0.05, 0) is 17.4 Å². The molecule has 10 nitrogen and oxygen atoms in total. The highest BCUT2D eigenvalue weighted by molar-refractivity contribution is 8.04. The summed E-state index contributed by atoms with van der Waals surface area (Å²) in [6, 6.07) is -0.110. The Bertz CT molecular complexity index is 706. The summed E-state index contributed by atoms with van der Waals surface area (Å²) in [7, 11) is 0. The van der Waals surface area contributed by atoms with Gasteiger partial charge in [0.2, 0.25) is 11.8 Å². The Morgan fingerprint density at radius 2 is 2.40 bits per heavy atom. The molecule has 1 saturated heterocycles. The van der Waals surface area contributed by atoms with Gasteiger partial charge < -0.3 is 14.6 Å². The number of hydrogen-bond donors (Lipinski definition) is 1. The number of allylic oxidation sites excluding steroid dienone is 1. The molecule has 1 fully saturated rings. The fraction of sp³-hybridized carbons (Fsp3) is 0.500. The minimum atomic E-state index is -0.913. The van der Waals surface area contributed by atoms with Gasteiger partial charge in [0.05, 0.1) is 23.5 Å². The number of tetrazole rings is 1. The highest BCUT2D eigenvalue weighted by Crippen LogP contribution is 2.51. The summed E-state index contributed by atoms with van der Waals surface area (Å²) in [6.45, 7) is 5.11. The Balaban J connectivity index is 1.78. The van der Waals surface area contributed by atoms with Crippen molar-refractivity contribution >= 4 is 23.8 Å². The van der Waals surface area contributed by atoms with Crippen LogP contribution >= 0.6 is 11.8 Å². The zero-order chi connectivity index (χ0) is 18.0. The number of thioether (sulfide) groups is 1. The molecule has 25 heavy (non-hydrogen) atoms. The number of carbonyl (C=O) groups excluding carboxylic acids is 2. The van der Waals surface area contributed by atoms with Crippen molar-refractivity contribution in [1.29, 1.82) is 0 Å². The van der Waals surface area contributed by atoms with E-state index in [1.807, 2.05) is 6.92 Å². The summed E-state index contributed by atoms with van der Waals surface area (Å²) in [6.07, 6.45) is 2.45. The van der Waals surface area contributed by atoms with Crippen LogP contribution in [-0.2, 0) is 14.3 Å². The lowest BCUT2D eigenvalue weighted by atomic mass is 10.00. The summed E-state index contributed by atoms with van der Waals surface area (Å²) >= 11 is 1.39. The second-order valence-corrected chi connectivity index (χ2v) is 6.74. The van der Waals surface area contributed by atoms with Gasteiger partial charge in [-0.25, -0.2) is 9.48 Å². The molecule has 1 amide bonds. The number of hydrogen-bond acceptors (Lipinski definition) is 9. The minimum absolute atomic E-state index is 0.00621. The first-order valence-electron chi connectivity index (χ1n) is 7.58. The molecule has 3 rings (SSSR count). The maximum Gasteiger partial charge on any atom is 0.515 e. The third-order valence-electron chi connectivity index (χ3n) is 3.87. The molecule has 1 unspecified atom stereocenters. The van der Waals surface area contributed by atoms with E-state index in [9.17, 15) is 14.7 Å². The van der Waals surface area contributed by atoms with Gasteiger partial charge in [0.1, 0.15) is 18.3 Å². The van der Waals surface area contributed by atoms with Crippen molar-refractivity contribution in [3.05, 3.63) is 29.8 Å². The van der Waals surface area contributed by atoms with Crippen molar-refractivity contribution in [3.63, 3.8) is 0 Å². The van der Waals surface area contributed by atoms with Crippen LogP contribution in [0.5, 0.6) is 0 Å². The molecular formula is C14H17N5O5S. The summed E-state index contributed by atoms with van der Waals surface area (Å²) in [5.41, 5.74) is 0. The lowest BCUT2D eigenvalue weighted by molar-refractivity contribution is -0.152. The highest BCUT2D eigenvalue weighted by atomic mass is 32.2. The molecule has 1 N–H and O–H groups in total. The molecule has 11 heteroatoms. The number of aliphatic hydroxyl groups is 1. The van der Waals surface area contributed by atoms with Crippen molar-refractivity contribution in [2.75, 3.05) is 13.2 Å². The fourth-order valence-electron chi connectivity index (χ4n) is 2.58. The first kappa shape index (κ1) is 17.4. The maximum absolute atomic E-state index is 12.2. The molecule has 1 aromatic heterocycles. The molecule has 0 aliphatic carbocycles. The number of aromatic nitrogens is 4. The van der Waals surface area contributed by atoms with Crippen molar-refractivity contribution in [3.8, 4) is 0 Å². The molecule has 3 heterocycles. The third kappa shape index (κ3) is 3.24. The summed E-state index contributed by atoms with van der Waals surface area (Å²) in [5.74, 6) is -0.635. The smallest absolute Gasteiger partial charge is 0.430 e. The van der Waals surface area contributed by atoms with Gasteiger partial charge in [-0.3, -0.25) is 9.69 Å². The van der Waals surface area contributed by atoms with E-state index in [-0.39, 0.29) is 36.4 Å². The van der Waals surface area contributed by atoms with E-state index >= 15 is 0 Å². The van der Waals surface area contributed by atoms with Crippen molar-refractivity contribution in [2.24, 2.45) is 5.92 Å². The standard InChI is InChI=1S/C14H17N5O5S/c1-3-4-23-14(22)24-12-10(5-8(2)18-7-15-16-17-18)25-13-9(6-20)11(21)19(12)13/h3,7-9,13,20H,1,4-6H2,2H3/t8?,9-,13+/m0/s1. The highest BCUT2D eigenvalue weighted by Gasteiger charge is 2.55. The lowest BCUT2D eigenvalue weighted by Crippen LogP contribution is -2.58. The topological polar surface area (TPSA) is 120 Å². The number of amides is 1. The van der Waals surface area contributed by atoms with Gasteiger partial charge in [0.25, 0.3) is 0 Å². The fourth-order valence-corrected chi connectivity index (χ4v) is 4.12. The van der Waals surface area contributed by atoms with Crippen LogP contribution in [0.4, 0.5) is 4.79 Å². The number of rotatable bonds is 7. The second kappa shape index (κ2) is 7.23. The quantitative estimate of drug-likeness (QED) is 0.421. The van der Waals surface area contributed by atoms with Gasteiger partial charge in [0.15, 0.2) is 0 Å². The van der Waals surface area contributed by atoms with E-state index in [4.69, 9.17) is 9.47 Å². The zero-order valence-corrected chi connectivity index (χ0v) is 14.3. The predicted molar refractivity (Wildman–Crippen MR) is 85.6 cm³/mol. The Morgan fingerprint density at radius 1 is 1.60 bits per heavy atom. The van der Waals surface area contributed by atoms with E-state index in [2.05, 4.69) is 22.1 Å². The molecule has 0 radical (unpaired) electrons. The van der Waals surface area contributed by atoms with E-state index in [0.717, 1.165) is 0 Å². The summed E-state index contributed by atoms with van der Waals surface area (Å²) in [5, 5.41) is 20.1. The largest absolute Gasteiger partial charge is 0.515 e.